The molecular formula is C14H17ClN2O. The third-order valence-electron chi connectivity index (χ3n) is 3.56. The van der Waals surface area contributed by atoms with Gasteiger partial charge in [0, 0.05) is 23.0 Å². The van der Waals surface area contributed by atoms with E-state index in [2.05, 4.69) is 23.3 Å². The van der Waals surface area contributed by atoms with E-state index < -0.39 is 0 Å². The monoisotopic (exact) mass is 264 g/mol. The Morgan fingerprint density at radius 3 is 3.17 bits per heavy atom. The van der Waals surface area contributed by atoms with Crippen LogP contribution in [0.3, 0.4) is 0 Å². The molecule has 0 saturated carbocycles. The highest BCUT2D eigenvalue weighted by Gasteiger charge is 2.22. The lowest BCUT2D eigenvalue weighted by Gasteiger charge is -2.23. The van der Waals surface area contributed by atoms with Crippen LogP contribution in [0.25, 0.3) is 11.0 Å². The molecule has 0 spiro atoms. The van der Waals surface area contributed by atoms with E-state index >= 15 is 0 Å². The molecule has 18 heavy (non-hydrogen) atoms. The average Bonchev–Trinajstić information content (AvgIpc) is 2.63. The maximum Gasteiger partial charge on any atom is 0.135 e. The Hall–Kier alpha value is -1.03. The van der Waals surface area contributed by atoms with Gasteiger partial charge in [0.1, 0.15) is 11.3 Å². The number of rotatable bonds is 1. The number of hydrogen-bond acceptors (Lipinski definition) is 3. The number of nitrogens with zero attached hydrogens (tertiary/aromatic N) is 1. The van der Waals surface area contributed by atoms with Crippen LogP contribution >= 0.6 is 11.6 Å². The highest BCUT2D eigenvalue weighted by molar-refractivity contribution is 6.31. The zero-order valence-corrected chi connectivity index (χ0v) is 11.2. The third-order valence-corrected chi connectivity index (χ3v) is 3.80. The minimum Gasteiger partial charge on any atom is -0.459 e. The van der Waals surface area contributed by atoms with E-state index in [9.17, 15) is 0 Å². The van der Waals surface area contributed by atoms with Crippen molar-refractivity contribution in [2.75, 3.05) is 26.7 Å². The van der Waals surface area contributed by atoms with Gasteiger partial charge < -0.3 is 9.73 Å². The fourth-order valence-electron chi connectivity index (χ4n) is 2.51. The van der Waals surface area contributed by atoms with Gasteiger partial charge in [-0.1, -0.05) is 11.6 Å². The molecule has 3 rings (SSSR count). The second-order valence-electron chi connectivity index (χ2n) is 4.88. The Labute approximate surface area is 112 Å². The molecular weight excluding hydrogens is 248 g/mol. The van der Waals surface area contributed by atoms with Gasteiger partial charge in [0.25, 0.3) is 0 Å². The van der Waals surface area contributed by atoms with Crippen molar-refractivity contribution >= 4 is 22.6 Å². The highest BCUT2D eigenvalue weighted by Crippen LogP contribution is 2.29. The molecule has 1 atom stereocenters. The second-order valence-corrected chi connectivity index (χ2v) is 5.32. The number of likely N-dealkylation sites (N-methyl/N-ethyl adjacent to an activating group) is 1. The average molecular weight is 265 g/mol. The lowest BCUT2D eigenvalue weighted by Crippen LogP contribution is -2.29. The number of nitrogens with one attached hydrogen (secondary N) is 1. The number of hydrogen-bond donors (Lipinski definition) is 1. The summed E-state index contributed by atoms with van der Waals surface area (Å²) in [5.74, 6) is 1.02. The van der Waals surface area contributed by atoms with Crippen molar-refractivity contribution in [3.05, 3.63) is 35.0 Å². The van der Waals surface area contributed by atoms with Crippen LogP contribution in [-0.4, -0.2) is 31.6 Å². The third kappa shape index (κ3) is 2.26. The maximum atomic E-state index is 5.99. The Balaban J connectivity index is 1.97. The van der Waals surface area contributed by atoms with Gasteiger partial charge in [-0.3, -0.25) is 4.90 Å². The van der Waals surface area contributed by atoms with Gasteiger partial charge >= 0.3 is 0 Å². The van der Waals surface area contributed by atoms with Crippen LogP contribution in [0.1, 0.15) is 18.2 Å². The Kier molecular flexibility index (Phi) is 3.29. The normalized spacial score (nSPS) is 22.2. The lowest BCUT2D eigenvalue weighted by atomic mass is 10.2. The molecule has 1 aliphatic heterocycles. The fraction of sp³-hybridized carbons (Fsp3) is 0.429. The molecule has 0 amide bonds. The first kappa shape index (κ1) is 12.0. The Morgan fingerprint density at radius 1 is 1.39 bits per heavy atom. The van der Waals surface area contributed by atoms with Crippen molar-refractivity contribution in [2.24, 2.45) is 0 Å². The summed E-state index contributed by atoms with van der Waals surface area (Å²) >= 11 is 5.99. The summed E-state index contributed by atoms with van der Waals surface area (Å²) in [6, 6.07) is 8.22. The maximum absolute atomic E-state index is 5.99. The molecule has 1 unspecified atom stereocenters. The van der Waals surface area contributed by atoms with E-state index in [1.165, 1.54) is 6.42 Å². The lowest BCUT2D eigenvalue weighted by molar-refractivity contribution is 0.233. The summed E-state index contributed by atoms with van der Waals surface area (Å²) in [4.78, 5) is 2.35. The predicted molar refractivity (Wildman–Crippen MR) is 74.1 cm³/mol. The van der Waals surface area contributed by atoms with Gasteiger partial charge in [0.2, 0.25) is 0 Å². The van der Waals surface area contributed by atoms with Gasteiger partial charge in [0.05, 0.1) is 6.04 Å². The molecule has 3 nitrogen and oxygen atoms in total. The highest BCUT2D eigenvalue weighted by atomic mass is 35.5. The first-order valence-corrected chi connectivity index (χ1v) is 6.72. The standard InChI is InChI=1S/C14H17ClN2O/c1-17-6-2-5-16-9-12(17)14-7-10-3-4-11(15)8-13(10)18-14/h3-4,7-8,12,16H,2,5-6,9H2,1H3. The van der Waals surface area contributed by atoms with Crippen LogP contribution in [-0.2, 0) is 0 Å². The van der Waals surface area contributed by atoms with Crippen molar-refractivity contribution < 1.29 is 4.42 Å². The Morgan fingerprint density at radius 2 is 2.28 bits per heavy atom. The molecule has 2 aromatic rings. The van der Waals surface area contributed by atoms with E-state index in [1.54, 1.807) is 0 Å². The molecule has 0 bridgehead atoms. The summed E-state index contributed by atoms with van der Waals surface area (Å²) < 4.78 is 5.95. The van der Waals surface area contributed by atoms with Crippen molar-refractivity contribution in [3.8, 4) is 0 Å². The predicted octanol–water partition coefficient (Wildman–Crippen LogP) is 3.05. The molecule has 1 aromatic carbocycles. The fourth-order valence-corrected chi connectivity index (χ4v) is 2.67. The zero-order chi connectivity index (χ0) is 12.5. The summed E-state index contributed by atoms with van der Waals surface area (Å²) in [5.41, 5.74) is 0.871. The van der Waals surface area contributed by atoms with E-state index in [4.69, 9.17) is 16.0 Å². The van der Waals surface area contributed by atoms with Gasteiger partial charge in [-0.15, -0.1) is 0 Å². The summed E-state index contributed by atoms with van der Waals surface area (Å²) in [6.07, 6.45) is 1.18. The van der Waals surface area contributed by atoms with Crippen LogP contribution in [0, 0.1) is 0 Å². The molecule has 1 aromatic heterocycles. The number of benzene rings is 1. The molecule has 4 heteroatoms. The second kappa shape index (κ2) is 4.92. The summed E-state index contributed by atoms with van der Waals surface area (Å²) in [5, 5.41) is 5.29. The van der Waals surface area contributed by atoms with E-state index in [-0.39, 0.29) is 0 Å². The molecule has 96 valence electrons. The minimum atomic E-state index is 0.304. The van der Waals surface area contributed by atoms with Gasteiger partial charge in [-0.25, -0.2) is 0 Å². The SMILES string of the molecule is CN1CCCNCC1c1cc2ccc(Cl)cc2o1. The van der Waals surface area contributed by atoms with Crippen LogP contribution in [0.5, 0.6) is 0 Å². The summed E-state index contributed by atoms with van der Waals surface area (Å²) in [6.45, 7) is 3.10. The van der Waals surface area contributed by atoms with Crippen LogP contribution in [0.2, 0.25) is 5.02 Å². The molecule has 1 N–H and O–H groups in total. The molecule has 1 aliphatic rings. The van der Waals surface area contributed by atoms with Crippen molar-refractivity contribution in [1.82, 2.24) is 10.2 Å². The van der Waals surface area contributed by atoms with E-state index in [1.807, 2.05) is 18.2 Å². The quantitative estimate of drug-likeness (QED) is 0.858. The first-order chi connectivity index (χ1) is 8.74. The van der Waals surface area contributed by atoms with E-state index in [0.717, 1.165) is 41.4 Å². The zero-order valence-electron chi connectivity index (χ0n) is 10.4. The van der Waals surface area contributed by atoms with Gasteiger partial charge in [-0.2, -0.15) is 0 Å². The number of furan rings is 1. The minimum absolute atomic E-state index is 0.304. The number of fused-ring (bicyclic) bond motifs is 1. The molecule has 1 fully saturated rings. The van der Waals surface area contributed by atoms with Crippen molar-refractivity contribution in [3.63, 3.8) is 0 Å². The topological polar surface area (TPSA) is 28.4 Å². The van der Waals surface area contributed by atoms with Crippen molar-refractivity contribution in [1.29, 1.82) is 0 Å². The van der Waals surface area contributed by atoms with E-state index in [0.29, 0.717) is 6.04 Å². The number of halogens is 1. The first-order valence-electron chi connectivity index (χ1n) is 6.34. The smallest absolute Gasteiger partial charge is 0.135 e. The van der Waals surface area contributed by atoms with Crippen LogP contribution < -0.4 is 5.32 Å². The van der Waals surface area contributed by atoms with Gasteiger partial charge in [-0.05, 0) is 44.8 Å². The van der Waals surface area contributed by atoms with Crippen LogP contribution in [0.4, 0.5) is 0 Å². The molecule has 0 radical (unpaired) electrons. The molecule has 2 heterocycles. The van der Waals surface area contributed by atoms with Crippen LogP contribution in [0.15, 0.2) is 28.7 Å². The Bertz CT molecular complexity index is 552. The van der Waals surface area contributed by atoms with Crippen molar-refractivity contribution in [2.45, 2.75) is 12.5 Å². The molecule has 0 aliphatic carbocycles. The van der Waals surface area contributed by atoms with Gasteiger partial charge in [0.15, 0.2) is 0 Å². The largest absolute Gasteiger partial charge is 0.459 e. The molecule has 1 saturated heterocycles. The summed E-state index contributed by atoms with van der Waals surface area (Å²) in [7, 11) is 2.15.